The van der Waals surface area contributed by atoms with Crippen molar-refractivity contribution >= 4 is 17.7 Å². The number of benzene rings is 1. The van der Waals surface area contributed by atoms with Gasteiger partial charge in [0.25, 0.3) is 0 Å². The molecule has 0 saturated heterocycles. The van der Waals surface area contributed by atoms with Crippen molar-refractivity contribution in [2.24, 2.45) is 0 Å². The minimum atomic E-state index is -0.305. The Labute approximate surface area is 89.5 Å². The Balaban J connectivity index is 2.88. The van der Waals surface area contributed by atoms with Gasteiger partial charge in [-0.1, -0.05) is 18.2 Å². The number of para-hydroxylation sites is 1. The van der Waals surface area contributed by atoms with Crippen LogP contribution in [0.5, 0.6) is 0 Å². The molecular formula is C12H15NO2. The van der Waals surface area contributed by atoms with Crippen molar-refractivity contribution in [2.75, 3.05) is 12.3 Å². The van der Waals surface area contributed by atoms with Crippen LogP contribution >= 0.6 is 0 Å². The van der Waals surface area contributed by atoms with E-state index < -0.39 is 0 Å². The molecule has 80 valence electrons. The third kappa shape index (κ3) is 3.13. The van der Waals surface area contributed by atoms with E-state index in [2.05, 4.69) is 0 Å². The average Bonchev–Trinajstić information content (AvgIpc) is 2.21. The van der Waals surface area contributed by atoms with Crippen molar-refractivity contribution in [2.45, 2.75) is 13.8 Å². The Hall–Kier alpha value is -1.77. The second-order valence-electron chi connectivity index (χ2n) is 3.18. The standard InChI is InChI=1S/C12H15NO2/c1-3-15-12(14)9(2)8-10-6-4-5-7-11(10)13/h4-8H,3,13H2,1-2H3/b9-8+. The number of rotatable bonds is 3. The predicted molar refractivity (Wildman–Crippen MR) is 61.1 cm³/mol. The van der Waals surface area contributed by atoms with Crippen LogP contribution in [0, 0.1) is 0 Å². The lowest BCUT2D eigenvalue weighted by Crippen LogP contribution is -2.05. The normalized spacial score (nSPS) is 11.2. The quantitative estimate of drug-likeness (QED) is 0.467. The highest BCUT2D eigenvalue weighted by atomic mass is 16.5. The van der Waals surface area contributed by atoms with Gasteiger partial charge in [0.05, 0.1) is 6.61 Å². The van der Waals surface area contributed by atoms with E-state index in [1.54, 1.807) is 26.0 Å². The van der Waals surface area contributed by atoms with Crippen LogP contribution in [0.2, 0.25) is 0 Å². The Kier molecular flexibility index (Phi) is 3.92. The van der Waals surface area contributed by atoms with Crippen LogP contribution in [0.3, 0.4) is 0 Å². The molecule has 0 spiro atoms. The van der Waals surface area contributed by atoms with E-state index in [9.17, 15) is 4.79 Å². The number of carbonyl (C=O) groups is 1. The monoisotopic (exact) mass is 205 g/mol. The van der Waals surface area contributed by atoms with Gasteiger partial charge in [0, 0.05) is 11.3 Å². The zero-order valence-corrected chi connectivity index (χ0v) is 8.99. The summed E-state index contributed by atoms with van der Waals surface area (Å²) in [5.74, 6) is -0.305. The Bertz CT molecular complexity index is 383. The molecule has 0 radical (unpaired) electrons. The van der Waals surface area contributed by atoms with Crippen LogP contribution < -0.4 is 5.73 Å². The molecule has 0 aliphatic rings. The zero-order valence-electron chi connectivity index (χ0n) is 8.99. The van der Waals surface area contributed by atoms with Gasteiger partial charge in [-0.05, 0) is 31.6 Å². The number of carbonyl (C=O) groups excluding carboxylic acids is 1. The molecule has 0 bridgehead atoms. The van der Waals surface area contributed by atoms with Crippen LogP contribution in [0.4, 0.5) is 5.69 Å². The van der Waals surface area contributed by atoms with Crippen molar-refractivity contribution in [3.05, 3.63) is 35.4 Å². The van der Waals surface area contributed by atoms with Gasteiger partial charge in [0.1, 0.15) is 0 Å². The summed E-state index contributed by atoms with van der Waals surface area (Å²) in [6, 6.07) is 7.38. The minimum absolute atomic E-state index is 0.305. The van der Waals surface area contributed by atoms with Gasteiger partial charge < -0.3 is 10.5 Å². The molecular weight excluding hydrogens is 190 g/mol. The molecule has 0 heterocycles. The van der Waals surface area contributed by atoms with Gasteiger partial charge in [-0.2, -0.15) is 0 Å². The Morgan fingerprint density at radius 1 is 1.47 bits per heavy atom. The fourth-order valence-corrected chi connectivity index (χ4v) is 1.18. The highest BCUT2D eigenvalue weighted by Gasteiger charge is 2.04. The second kappa shape index (κ2) is 5.20. The first kappa shape index (κ1) is 11.3. The van der Waals surface area contributed by atoms with Gasteiger partial charge in [0.2, 0.25) is 0 Å². The third-order valence-electron chi connectivity index (χ3n) is 1.97. The summed E-state index contributed by atoms with van der Waals surface area (Å²) in [4.78, 5) is 11.3. The second-order valence-corrected chi connectivity index (χ2v) is 3.18. The largest absolute Gasteiger partial charge is 0.463 e. The summed E-state index contributed by atoms with van der Waals surface area (Å²) < 4.78 is 4.87. The predicted octanol–water partition coefficient (Wildman–Crippen LogP) is 2.24. The maximum absolute atomic E-state index is 11.3. The van der Waals surface area contributed by atoms with Crippen molar-refractivity contribution in [3.8, 4) is 0 Å². The maximum atomic E-state index is 11.3. The van der Waals surface area contributed by atoms with E-state index in [0.717, 1.165) is 5.56 Å². The molecule has 0 fully saturated rings. The first-order valence-electron chi connectivity index (χ1n) is 4.85. The molecule has 0 saturated carbocycles. The van der Waals surface area contributed by atoms with Crippen LogP contribution in [0.15, 0.2) is 29.8 Å². The number of esters is 1. The molecule has 0 unspecified atom stereocenters. The van der Waals surface area contributed by atoms with Crippen LogP contribution in [-0.4, -0.2) is 12.6 Å². The van der Waals surface area contributed by atoms with Gasteiger partial charge >= 0.3 is 5.97 Å². The van der Waals surface area contributed by atoms with Crippen LogP contribution in [-0.2, 0) is 9.53 Å². The van der Waals surface area contributed by atoms with E-state index in [1.807, 2.05) is 18.2 Å². The minimum Gasteiger partial charge on any atom is -0.463 e. The lowest BCUT2D eigenvalue weighted by Gasteiger charge is -2.03. The molecule has 0 aliphatic heterocycles. The summed E-state index contributed by atoms with van der Waals surface area (Å²) in [5.41, 5.74) is 7.79. The number of ether oxygens (including phenoxy) is 1. The first-order chi connectivity index (χ1) is 7.15. The van der Waals surface area contributed by atoms with Crippen LogP contribution in [0.1, 0.15) is 19.4 Å². The zero-order chi connectivity index (χ0) is 11.3. The van der Waals surface area contributed by atoms with E-state index in [0.29, 0.717) is 17.9 Å². The molecule has 3 nitrogen and oxygen atoms in total. The lowest BCUT2D eigenvalue weighted by atomic mass is 10.1. The maximum Gasteiger partial charge on any atom is 0.333 e. The molecule has 2 N–H and O–H groups in total. The number of hydrogen-bond donors (Lipinski definition) is 1. The topological polar surface area (TPSA) is 52.3 Å². The number of nitrogen functional groups attached to an aromatic ring is 1. The summed E-state index contributed by atoms with van der Waals surface area (Å²) in [6.45, 7) is 3.88. The van der Waals surface area contributed by atoms with Crippen molar-refractivity contribution in [1.82, 2.24) is 0 Å². The lowest BCUT2D eigenvalue weighted by molar-refractivity contribution is -0.138. The first-order valence-corrected chi connectivity index (χ1v) is 4.85. The van der Waals surface area contributed by atoms with E-state index in [1.165, 1.54) is 0 Å². The molecule has 0 aliphatic carbocycles. The SMILES string of the molecule is CCOC(=O)/C(C)=C/c1ccccc1N. The Morgan fingerprint density at radius 2 is 2.13 bits per heavy atom. The molecule has 1 aromatic carbocycles. The summed E-state index contributed by atoms with van der Waals surface area (Å²) in [6.07, 6.45) is 1.73. The van der Waals surface area contributed by atoms with E-state index >= 15 is 0 Å². The average molecular weight is 205 g/mol. The number of hydrogen-bond acceptors (Lipinski definition) is 3. The molecule has 15 heavy (non-hydrogen) atoms. The molecule has 1 rings (SSSR count). The fraction of sp³-hybridized carbons (Fsp3) is 0.250. The van der Waals surface area contributed by atoms with E-state index in [4.69, 9.17) is 10.5 Å². The molecule has 1 aromatic rings. The Morgan fingerprint density at radius 3 is 2.73 bits per heavy atom. The highest BCUT2D eigenvalue weighted by molar-refractivity contribution is 5.93. The smallest absolute Gasteiger partial charge is 0.333 e. The highest BCUT2D eigenvalue weighted by Crippen LogP contribution is 2.15. The summed E-state index contributed by atoms with van der Waals surface area (Å²) in [5, 5.41) is 0. The number of anilines is 1. The molecule has 0 atom stereocenters. The fourth-order valence-electron chi connectivity index (χ4n) is 1.18. The van der Waals surface area contributed by atoms with E-state index in [-0.39, 0.29) is 5.97 Å². The van der Waals surface area contributed by atoms with Gasteiger partial charge in [-0.25, -0.2) is 4.79 Å². The molecule has 0 amide bonds. The van der Waals surface area contributed by atoms with Gasteiger partial charge in [0.15, 0.2) is 0 Å². The number of nitrogens with two attached hydrogens (primary N) is 1. The molecule has 3 heteroatoms. The van der Waals surface area contributed by atoms with Gasteiger partial charge in [-0.15, -0.1) is 0 Å². The molecule has 0 aromatic heterocycles. The van der Waals surface area contributed by atoms with Crippen LogP contribution in [0.25, 0.3) is 6.08 Å². The van der Waals surface area contributed by atoms with Crippen molar-refractivity contribution in [3.63, 3.8) is 0 Å². The third-order valence-corrected chi connectivity index (χ3v) is 1.97. The van der Waals surface area contributed by atoms with Crippen molar-refractivity contribution < 1.29 is 9.53 Å². The van der Waals surface area contributed by atoms with Gasteiger partial charge in [-0.3, -0.25) is 0 Å². The summed E-state index contributed by atoms with van der Waals surface area (Å²) in [7, 11) is 0. The summed E-state index contributed by atoms with van der Waals surface area (Å²) >= 11 is 0. The van der Waals surface area contributed by atoms with Crippen molar-refractivity contribution in [1.29, 1.82) is 0 Å².